The number of imidazole rings is 1. The molecule has 0 saturated heterocycles. The minimum atomic E-state index is -0.454. The number of aryl methyl sites for hydroxylation is 2. The van der Waals surface area contributed by atoms with Crippen LogP contribution in [-0.4, -0.2) is 31.1 Å². The molecule has 0 bridgehead atoms. The van der Waals surface area contributed by atoms with Crippen LogP contribution in [0.4, 0.5) is 0 Å². The number of amides is 1. The van der Waals surface area contributed by atoms with E-state index in [9.17, 15) is 14.4 Å². The first-order chi connectivity index (χ1) is 13.5. The maximum absolute atomic E-state index is 12.5. The fourth-order valence-electron chi connectivity index (χ4n) is 4.03. The van der Waals surface area contributed by atoms with Gasteiger partial charge in [0.1, 0.15) is 6.54 Å². The van der Waals surface area contributed by atoms with Gasteiger partial charge >= 0.3 is 5.69 Å². The number of hydrogen-bond donors (Lipinski definition) is 1. The molecule has 2 aromatic heterocycles. The van der Waals surface area contributed by atoms with Crippen LogP contribution in [0.1, 0.15) is 29.9 Å². The Kier molecular flexibility index (Phi) is 4.62. The second kappa shape index (κ2) is 7.10. The van der Waals surface area contributed by atoms with Crippen LogP contribution < -0.4 is 16.6 Å². The van der Waals surface area contributed by atoms with Crippen molar-refractivity contribution in [1.82, 2.24) is 24.0 Å². The van der Waals surface area contributed by atoms with E-state index in [0.717, 1.165) is 23.8 Å². The molecule has 8 nitrogen and oxygen atoms in total. The summed E-state index contributed by atoms with van der Waals surface area (Å²) >= 11 is 0. The van der Waals surface area contributed by atoms with E-state index in [1.54, 1.807) is 7.05 Å². The van der Waals surface area contributed by atoms with Crippen molar-refractivity contribution >= 4 is 17.1 Å². The fraction of sp³-hybridized carbons (Fsp3) is 0.400. The third kappa shape index (κ3) is 3.04. The zero-order valence-corrected chi connectivity index (χ0v) is 16.0. The molecule has 0 spiro atoms. The molecule has 28 heavy (non-hydrogen) atoms. The van der Waals surface area contributed by atoms with Gasteiger partial charge in [-0.15, -0.1) is 0 Å². The van der Waals surface area contributed by atoms with E-state index in [0.29, 0.717) is 12.5 Å². The van der Waals surface area contributed by atoms with E-state index >= 15 is 0 Å². The average Bonchev–Trinajstić information content (AvgIpc) is 3.12. The summed E-state index contributed by atoms with van der Waals surface area (Å²) in [4.78, 5) is 41.1. The molecular weight excluding hydrogens is 358 g/mol. The second-order valence-corrected chi connectivity index (χ2v) is 7.34. The summed E-state index contributed by atoms with van der Waals surface area (Å²) in [7, 11) is 2.98. The lowest BCUT2D eigenvalue weighted by Crippen LogP contribution is -2.38. The summed E-state index contributed by atoms with van der Waals surface area (Å²) in [5.74, 6) is 0.125. The third-order valence-corrected chi connectivity index (χ3v) is 5.57. The number of carbonyl (C=O) groups excluding carboxylic acids is 1. The van der Waals surface area contributed by atoms with Crippen LogP contribution in [0.15, 0.2) is 40.2 Å². The number of nitrogens with one attached hydrogen (secondary N) is 1. The maximum Gasteiger partial charge on any atom is 0.332 e. The lowest BCUT2D eigenvalue weighted by Gasteiger charge is -2.25. The smallest absolute Gasteiger partial charge is 0.332 e. The Morgan fingerprint density at radius 2 is 2.00 bits per heavy atom. The second-order valence-electron chi connectivity index (χ2n) is 7.34. The van der Waals surface area contributed by atoms with E-state index in [1.165, 1.54) is 33.6 Å². The van der Waals surface area contributed by atoms with Crippen LogP contribution in [0, 0.1) is 0 Å². The molecule has 2 heterocycles. The highest BCUT2D eigenvalue weighted by atomic mass is 16.2. The van der Waals surface area contributed by atoms with Gasteiger partial charge in [-0.1, -0.05) is 24.3 Å². The minimum Gasteiger partial charge on any atom is -0.354 e. The Hall–Kier alpha value is -3.16. The van der Waals surface area contributed by atoms with Crippen LogP contribution in [-0.2, 0) is 31.9 Å². The zero-order chi connectivity index (χ0) is 19.8. The number of carbonyl (C=O) groups is 1. The molecule has 1 aliphatic rings. The first kappa shape index (κ1) is 18.2. The standard InChI is InChI=1S/C20H23N5O3/c1-23-18-17(19(27)24(2)20(23)28)25(12-22-18)11-16(26)21-10-14-8-5-7-13-6-3-4-9-15(13)14/h3-4,6,9,12,14H,5,7-8,10-11H2,1-2H3,(H,21,26). The number of fused-ring (bicyclic) bond motifs is 2. The molecule has 0 radical (unpaired) electrons. The number of aromatic nitrogens is 4. The topological polar surface area (TPSA) is 90.9 Å². The highest BCUT2D eigenvalue weighted by Gasteiger charge is 2.21. The molecule has 1 amide bonds. The zero-order valence-electron chi connectivity index (χ0n) is 16.0. The molecule has 0 saturated carbocycles. The van der Waals surface area contributed by atoms with Crippen LogP contribution in [0.3, 0.4) is 0 Å². The fourth-order valence-corrected chi connectivity index (χ4v) is 4.03. The van der Waals surface area contributed by atoms with Crippen LogP contribution in [0.5, 0.6) is 0 Å². The molecule has 0 fully saturated rings. The van der Waals surface area contributed by atoms with Gasteiger partial charge in [0.2, 0.25) is 5.91 Å². The van der Waals surface area contributed by atoms with Gasteiger partial charge in [0, 0.05) is 26.6 Å². The Morgan fingerprint density at radius 1 is 1.21 bits per heavy atom. The van der Waals surface area contributed by atoms with Gasteiger partial charge < -0.3 is 9.88 Å². The minimum absolute atomic E-state index is 0.0156. The normalized spacial score (nSPS) is 16.1. The Labute approximate surface area is 161 Å². The highest BCUT2D eigenvalue weighted by molar-refractivity contribution is 5.78. The number of nitrogens with zero attached hydrogens (tertiary/aromatic N) is 4. The quantitative estimate of drug-likeness (QED) is 0.719. The van der Waals surface area contributed by atoms with E-state index in [-0.39, 0.29) is 23.6 Å². The van der Waals surface area contributed by atoms with Gasteiger partial charge in [-0.3, -0.25) is 18.7 Å². The van der Waals surface area contributed by atoms with E-state index in [4.69, 9.17) is 0 Å². The summed E-state index contributed by atoms with van der Waals surface area (Å²) < 4.78 is 3.84. The van der Waals surface area contributed by atoms with Gasteiger partial charge in [0.05, 0.1) is 6.33 Å². The van der Waals surface area contributed by atoms with Crippen LogP contribution in [0.2, 0.25) is 0 Å². The molecule has 1 N–H and O–H groups in total. The van der Waals surface area contributed by atoms with Crippen molar-refractivity contribution in [2.45, 2.75) is 31.7 Å². The van der Waals surface area contributed by atoms with Crippen molar-refractivity contribution in [3.05, 3.63) is 62.6 Å². The van der Waals surface area contributed by atoms with Gasteiger partial charge in [-0.05, 0) is 30.4 Å². The van der Waals surface area contributed by atoms with Crippen molar-refractivity contribution in [3.63, 3.8) is 0 Å². The largest absolute Gasteiger partial charge is 0.354 e. The Morgan fingerprint density at radius 3 is 2.82 bits per heavy atom. The summed E-state index contributed by atoms with van der Waals surface area (Å²) in [6.07, 6.45) is 4.69. The van der Waals surface area contributed by atoms with Crippen molar-refractivity contribution in [3.8, 4) is 0 Å². The molecule has 4 rings (SSSR count). The first-order valence-electron chi connectivity index (χ1n) is 9.42. The number of hydrogen-bond acceptors (Lipinski definition) is 4. The van der Waals surface area contributed by atoms with Gasteiger partial charge in [0.15, 0.2) is 11.2 Å². The van der Waals surface area contributed by atoms with Gasteiger partial charge in [0.25, 0.3) is 5.56 Å². The third-order valence-electron chi connectivity index (χ3n) is 5.57. The SMILES string of the molecule is Cn1c(=O)c2c(ncn2CC(=O)NCC2CCCc3ccccc32)n(C)c1=O. The summed E-state index contributed by atoms with van der Waals surface area (Å²) in [5, 5.41) is 2.99. The van der Waals surface area contributed by atoms with Gasteiger partial charge in [-0.25, -0.2) is 9.78 Å². The Bertz CT molecular complexity index is 1170. The first-order valence-corrected chi connectivity index (χ1v) is 9.42. The summed E-state index contributed by atoms with van der Waals surface area (Å²) in [6.45, 7) is 0.553. The molecule has 1 unspecified atom stereocenters. The molecule has 1 aliphatic carbocycles. The molecule has 146 valence electrons. The predicted octanol–water partition coefficient (Wildman–Crippen LogP) is 0.670. The summed E-state index contributed by atoms with van der Waals surface area (Å²) in [5.41, 5.74) is 2.31. The molecular formula is C20H23N5O3. The molecule has 1 atom stereocenters. The molecule has 1 aromatic carbocycles. The average molecular weight is 381 g/mol. The molecule has 8 heteroatoms. The van der Waals surface area contributed by atoms with Crippen LogP contribution >= 0.6 is 0 Å². The maximum atomic E-state index is 12.5. The molecule has 3 aromatic rings. The van der Waals surface area contributed by atoms with Crippen molar-refractivity contribution in [2.75, 3.05) is 6.54 Å². The number of rotatable bonds is 4. The van der Waals surface area contributed by atoms with Crippen LogP contribution in [0.25, 0.3) is 11.2 Å². The summed E-state index contributed by atoms with van der Waals surface area (Å²) in [6, 6.07) is 8.38. The number of benzene rings is 1. The van der Waals surface area contributed by atoms with E-state index in [1.807, 2.05) is 6.07 Å². The van der Waals surface area contributed by atoms with E-state index in [2.05, 4.69) is 28.5 Å². The van der Waals surface area contributed by atoms with Crippen molar-refractivity contribution in [1.29, 1.82) is 0 Å². The monoisotopic (exact) mass is 381 g/mol. The molecule has 0 aliphatic heterocycles. The van der Waals surface area contributed by atoms with Crippen molar-refractivity contribution < 1.29 is 4.79 Å². The van der Waals surface area contributed by atoms with Gasteiger partial charge in [-0.2, -0.15) is 0 Å². The van der Waals surface area contributed by atoms with E-state index < -0.39 is 11.2 Å². The lowest BCUT2D eigenvalue weighted by atomic mass is 9.83. The predicted molar refractivity (Wildman–Crippen MR) is 105 cm³/mol. The van der Waals surface area contributed by atoms with Crippen molar-refractivity contribution in [2.24, 2.45) is 14.1 Å². The Balaban J connectivity index is 1.51. The lowest BCUT2D eigenvalue weighted by molar-refractivity contribution is -0.121. The highest BCUT2D eigenvalue weighted by Crippen LogP contribution is 2.30.